The Labute approximate surface area is 164 Å². The zero-order valence-electron chi connectivity index (χ0n) is 16.3. The molecule has 1 atom stereocenters. The Morgan fingerprint density at radius 2 is 2.04 bits per heavy atom. The summed E-state index contributed by atoms with van der Waals surface area (Å²) in [5.41, 5.74) is 1.73. The second kappa shape index (κ2) is 9.52. The highest BCUT2D eigenvalue weighted by molar-refractivity contribution is 5.94. The van der Waals surface area contributed by atoms with Crippen molar-refractivity contribution in [2.45, 2.75) is 13.0 Å². The Morgan fingerprint density at radius 1 is 1.25 bits per heavy atom. The molecule has 2 aromatic rings. The SMILES string of the molecule is COCCN(C[C@H]1CN(C(=O)c2ccco2)CCO1)C(=O)c1ccc(C)cc1. The number of rotatable bonds is 7. The Kier molecular flexibility index (Phi) is 6.84. The summed E-state index contributed by atoms with van der Waals surface area (Å²) in [6.07, 6.45) is 1.22. The molecular formula is C21H26N2O5. The second-order valence-electron chi connectivity index (χ2n) is 6.83. The zero-order valence-corrected chi connectivity index (χ0v) is 16.3. The van der Waals surface area contributed by atoms with Crippen LogP contribution in [0.15, 0.2) is 47.1 Å². The van der Waals surface area contributed by atoms with Crippen molar-refractivity contribution >= 4 is 11.8 Å². The van der Waals surface area contributed by atoms with Crippen LogP contribution in [0.5, 0.6) is 0 Å². The Hall–Kier alpha value is -2.64. The number of carbonyl (C=O) groups excluding carboxylic acids is 2. The lowest BCUT2D eigenvalue weighted by atomic mass is 10.1. The molecule has 1 aliphatic rings. The molecular weight excluding hydrogens is 360 g/mol. The van der Waals surface area contributed by atoms with Crippen molar-refractivity contribution in [2.75, 3.05) is 46.5 Å². The van der Waals surface area contributed by atoms with Gasteiger partial charge in [-0.2, -0.15) is 0 Å². The third-order valence-corrected chi connectivity index (χ3v) is 4.73. The number of ether oxygens (including phenoxy) is 2. The van der Waals surface area contributed by atoms with Crippen LogP contribution in [0, 0.1) is 6.92 Å². The highest BCUT2D eigenvalue weighted by Crippen LogP contribution is 2.14. The fraction of sp³-hybridized carbons (Fsp3) is 0.429. The summed E-state index contributed by atoms with van der Waals surface area (Å²) < 4.78 is 16.2. The smallest absolute Gasteiger partial charge is 0.289 e. The van der Waals surface area contributed by atoms with Crippen LogP contribution in [0.2, 0.25) is 0 Å². The monoisotopic (exact) mass is 386 g/mol. The van der Waals surface area contributed by atoms with E-state index in [1.54, 1.807) is 29.0 Å². The molecule has 1 aromatic heterocycles. The summed E-state index contributed by atoms with van der Waals surface area (Å²) in [4.78, 5) is 28.9. The average Bonchev–Trinajstić information content (AvgIpc) is 3.25. The van der Waals surface area contributed by atoms with Gasteiger partial charge in [-0.05, 0) is 31.2 Å². The van der Waals surface area contributed by atoms with Gasteiger partial charge in [-0.25, -0.2) is 0 Å². The number of hydrogen-bond acceptors (Lipinski definition) is 5. The van der Waals surface area contributed by atoms with Crippen molar-refractivity contribution < 1.29 is 23.5 Å². The molecule has 28 heavy (non-hydrogen) atoms. The highest BCUT2D eigenvalue weighted by atomic mass is 16.5. The summed E-state index contributed by atoms with van der Waals surface area (Å²) in [6.45, 7) is 4.59. The molecule has 0 unspecified atom stereocenters. The van der Waals surface area contributed by atoms with E-state index in [2.05, 4.69) is 0 Å². The number of methoxy groups -OCH3 is 1. The molecule has 1 fully saturated rings. The maximum atomic E-state index is 13.0. The van der Waals surface area contributed by atoms with E-state index in [0.29, 0.717) is 50.7 Å². The molecule has 0 saturated carbocycles. The minimum Gasteiger partial charge on any atom is -0.459 e. The molecule has 0 aliphatic carbocycles. The van der Waals surface area contributed by atoms with E-state index in [-0.39, 0.29) is 17.9 Å². The molecule has 1 aromatic carbocycles. The van der Waals surface area contributed by atoms with Crippen molar-refractivity contribution in [2.24, 2.45) is 0 Å². The molecule has 0 bridgehead atoms. The molecule has 1 aliphatic heterocycles. The lowest BCUT2D eigenvalue weighted by molar-refractivity contribution is -0.0354. The molecule has 150 valence electrons. The number of carbonyl (C=O) groups is 2. The first-order valence-corrected chi connectivity index (χ1v) is 9.37. The van der Waals surface area contributed by atoms with E-state index >= 15 is 0 Å². The first-order valence-electron chi connectivity index (χ1n) is 9.37. The molecule has 0 radical (unpaired) electrons. The van der Waals surface area contributed by atoms with Gasteiger partial charge in [0, 0.05) is 38.9 Å². The number of hydrogen-bond donors (Lipinski definition) is 0. The van der Waals surface area contributed by atoms with Crippen LogP contribution in [0.4, 0.5) is 0 Å². The Morgan fingerprint density at radius 3 is 2.71 bits per heavy atom. The van der Waals surface area contributed by atoms with E-state index in [1.165, 1.54) is 6.26 Å². The normalized spacial score (nSPS) is 16.8. The van der Waals surface area contributed by atoms with Crippen LogP contribution in [0.25, 0.3) is 0 Å². The number of amides is 2. The Balaban J connectivity index is 1.66. The first kappa shape index (κ1) is 20.1. The summed E-state index contributed by atoms with van der Waals surface area (Å²) in [6, 6.07) is 10.8. The van der Waals surface area contributed by atoms with Crippen LogP contribution in [-0.2, 0) is 9.47 Å². The largest absolute Gasteiger partial charge is 0.459 e. The summed E-state index contributed by atoms with van der Waals surface area (Å²) in [5.74, 6) is 0.0781. The van der Waals surface area contributed by atoms with Gasteiger partial charge in [0.25, 0.3) is 11.8 Å². The van der Waals surface area contributed by atoms with Crippen molar-refractivity contribution in [1.29, 1.82) is 0 Å². The van der Waals surface area contributed by atoms with Gasteiger partial charge in [-0.1, -0.05) is 17.7 Å². The van der Waals surface area contributed by atoms with E-state index in [9.17, 15) is 9.59 Å². The van der Waals surface area contributed by atoms with Crippen LogP contribution in [-0.4, -0.2) is 74.2 Å². The van der Waals surface area contributed by atoms with Crippen LogP contribution >= 0.6 is 0 Å². The van der Waals surface area contributed by atoms with E-state index in [0.717, 1.165) is 5.56 Å². The van der Waals surface area contributed by atoms with E-state index in [4.69, 9.17) is 13.9 Å². The number of nitrogens with zero attached hydrogens (tertiary/aromatic N) is 2. The third-order valence-electron chi connectivity index (χ3n) is 4.73. The van der Waals surface area contributed by atoms with Crippen LogP contribution < -0.4 is 0 Å². The van der Waals surface area contributed by atoms with Gasteiger partial charge in [0.1, 0.15) is 0 Å². The first-order chi connectivity index (χ1) is 13.6. The number of morpholine rings is 1. The number of benzene rings is 1. The average molecular weight is 386 g/mol. The fourth-order valence-electron chi connectivity index (χ4n) is 3.17. The maximum absolute atomic E-state index is 13.0. The molecule has 1 saturated heterocycles. The fourth-order valence-corrected chi connectivity index (χ4v) is 3.17. The van der Waals surface area contributed by atoms with Gasteiger partial charge in [0.15, 0.2) is 5.76 Å². The van der Waals surface area contributed by atoms with E-state index < -0.39 is 0 Å². The number of furan rings is 1. The van der Waals surface area contributed by atoms with Crippen molar-refractivity contribution in [3.63, 3.8) is 0 Å². The topological polar surface area (TPSA) is 72.2 Å². The van der Waals surface area contributed by atoms with Crippen LogP contribution in [0.3, 0.4) is 0 Å². The highest BCUT2D eigenvalue weighted by Gasteiger charge is 2.29. The van der Waals surface area contributed by atoms with Gasteiger partial charge >= 0.3 is 0 Å². The van der Waals surface area contributed by atoms with Gasteiger partial charge in [-0.15, -0.1) is 0 Å². The van der Waals surface area contributed by atoms with Crippen molar-refractivity contribution in [1.82, 2.24) is 9.80 Å². The predicted molar refractivity (Wildman–Crippen MR) is 103 cm³/mol. The minimum atomic E-state index is -0.265. The van der Waals surface area contributed by atoms with Crippen LogP contribution in [0.1, 0.15) is 26.5 Å². The Bertz CT molecular complexity index is 773. The van der Waals surface area contributed by atoms with Gasteiger partial charge in [-0.3, -0.25) is 9.59 Å². The third kappa shape index (κ3) is 4.99. The van der Waals surface area contributed by atoms with Gasteiger partial charge in [0.2, 0.25) is 0 Å². The second-order valence-corrected chi connectivity index (χ2v) is 6.83. The molecule has 7 nitrogen and oxygen atoms in total. The van der Waals surface area contributed by atoms with Crippen molar-refractivity contribution in [3.8, 4) is 0 Å². The lowest BCUT2D eigenvalue weighted by Gasteiger charge is -2.35. The quantitative estimate of drug-likeness (QED) is 0.730. The minimum absolute atomic E-state index is 0.0739. The van der Waals surface area contributed by atoms with E-state index in [1.807, 2.05) is 31.2 Å². The lowest BCUT2D eigenvalue weighted by Crippen LogP contribution is -2.51. The molecule has 0 N–H and O–H groups in total. The summed E-state index contributed by atoms with van der Waals surface area (Å²) in [5, 5.41) is 0. The summed E-state index contributed by atoms with van der Waals surface area (Å²) in [7, 11) is 1.61. The standard InChI is InChI=1S/C21H26N2O5/c1-16-5-7-17(8-6-16)20(24)22(9-12-26-2)14-18-15-23(10-13-27-18)21(25)19-4-3-11-28-19/h3-8,11,18H,9-10,12-15H2,1-2H3/t18-/m0/s1. The molecule has 2 amide bonds. The van der Waals surface area contributed by atoms with Crippen molar-refractivity contribution in [3.05, 3.63) is 59.5 Å². The number of aryl methyl sites for hydroxylation is 1. The van der Waals surface area contributed by atoms with Gasteiger partial charge in [0.05, 0.1) is 25.6 Å². The summed E-state index contributed by atoms with van der Waals surface area (Å²) >= 11 is 0. The molecule has 0 spiro atoms. The molecule has 2 heterocycles. The molecule has 3 rings (SSSR count). The van der Waals surface area contributed by atoms with Gasteiger partial charge < -0.3 is 23.7 Å². The predicted octanol–water partition coefficient (Wildman–Crippen LogP) is 2.22. The molecule has 7 heteroatoms. The zero-order chi connectivity index (χ0) is 19.9. The maximum Gasteiger partial charge on any atom is 0.289 e.